The summed E-state index contributed by atoms with van der Waals surface area (Å²) >= 11 is 0. The van der Waals surface area contributed by atoms with E-state index in [1.807, 2.05) is 35.2 Å². The third-order valence-corrected chi connectivity index (χ3v) is 5.05. The van der Waals surface area contributed by atoms with Crippen molar-refractivity contribution in [2.45, 2.75) is 6.42 Å². The maximum Gasteiger partial charge on any atom is 0.253 e. The van der Waals surface area contributed by atoms with Gasteiger partial charge >= 0.3 is 0 Å². The van der Waals surface area contributed by atoms with E-state index in [2.05, 4.69) is 40.3 Å². The molecule has 2 heterocycles. The summed E-state index contributed by atoms with van der Waals surface area (Å²) in [7, 11) is 0. The van der Waals surface area contributed by atoms with Crippen LogP contribution in [0.3, 0.4) is 0 Å². The predicted octanol–water partition coefficient (Wildman–Crippen LogP) is 3.17. The average molecular weight is 333 g/mol. The summed E-state index contributed by atoms with van der Waals surface area (Å²) < 4.78 is 0. The molecule has 0 unspecified atom stereocenters. The van der Waals surface area contributed by atoms with Crippen LogP contribution in [0.15, 0.2) is 60.8 Å². The first-order valence-electron chi connectivity index (χ1n) is 8.93. The van der Waals surface area contributed by atoms with Gasteiger partial charge in [-0.2, -0.15) is 0 Å². The van der Waals surface area contributed by atoms with Crippen molar-refractivity contribution >= 4 is 16.8 Å². The highest BCUT2D eigenvalue weighted by molar-refractivity contribution is 5.94. The van der Waals surface area contributed by atoms with Crippen LogP contribution in [0.2, 0.25) is 0 Å². The van der Waals surface area contributed by atoms with Gasteiger partial charge in [-0.05, 0) is 30.2 Å². The van der Waals surface area contributed by atoms with E-state index in [0.717, 1.165) is 44.7 Å². The van der Waals surface area contributed by atoms with Gasteiger partial charge in [0, 0.05) is 55.4 Å². The minimum Gasteiger partial charge on any atom is -0.361 e. The molecule has 1 aromatic heterocycles. The van der Waals surface area contributed by atoms with Gasteiger partial charge in [-0.15, -0.1) is 0 Å². The van der Waals surface area contributed by atoms with Gasteiger partial charge in [0.1, 0.15) is 0 Å². The van der Waals surface area contributed by atoms with Crippen LogP contribution >= 0.6 is 0 Å². The van der Waals surface area contributed by atoms with Crippen molar-refractivity contribution < 1.29 is 4.79 Å². The summed E-state index contributed by atoms with van der Waals surface area (Å²) in [5.74, 6) is 0.150. The normalized spacial score (nSPS) is 15.6. The predicted molar refractivity (Wildman–Crippen MR) is 101 cm³/mol. The Labute approximate surface area is 148 Å². The monoisotopic (exact) mass is 333 g/mol. The number of aromatic amines is 1. The molecule has 4 nitrogen and oxygen atoms in total. The van der Waals surface area contributed by atoms with Crippen molar-refractivity contribution in [3.05, 3.63) is 71.9 Å². The van der Waals surface area contributed by atoms with Crippen LogP contribution in [-0.4, -0.2) is 53.4 Å². The van der Waals surface area contributed by atoms with E-state index in [-0.39, 0.29) is 5.91 Å². The van der Waals surface area contributed by atoms with Gasteiger partial charge in [-0.25, -0.2) is 0 Å². The van der Waals surface area contributed by atoms with Crippen LogP contribution in [0.5, 0.6) is 0 Å². The Morgan fingerprint density at radius 1 is 0.920 bits per heavy atom. The molecule has 1 N–H and O–H groups in total. The number of rotatable bonds is 4. The van der Waals surface area contributed by atoms with Crippen molar-refractivity contribution in [3.63, 3.8) is 0 Å². The lowest BCUT2D eigenvalue weighted by Gasteiger charge is -2.34. The van der Waals surface area contributed by atoms with Crippen LogP contribution in [0.1, 0.15) is 15.9 Å². The van der Waals surface area contributed by atoms with Gasteiger partial charge in [-0.3, -0.25) is 9.69 Å². The zero-order valence-electron chi connectivity index (χ0n) is 14.3. The number of para-hydroxylation sites is 1. The number of hydrogen-bond acceptors (Lipinski definition) is 2. The second-order valence-electron chi connectivity index (χ2n) is 6.61. The number of H-pyrrole nitrogens is 1. The van der Waals surface area contributed by atoms with E-state index in [4.69, 9.17) is 0 Å². The molecule has 25 heavy (non-hydrogen) atoms. The van der Waals surface area contributed by atoms with Crippen LogP contribution in [0.4, 0.5) is 0 Å². The van der Waals surface area contributed by atoms with E-state index in [0.29, 0.717) is 0 Å². The summed E-state index contributed by atoms with van der Waals surface area (Å²) in [6.07, 6.45) is 3.16. The third-order valence-electron chi connectivity index (χ3n) is 5.05. The Morgan fingerprint density at radius 2 is 1.64 bits per heavy atom. The second-order valence-corrected chi connectivity index (χ2v) is 6.61. The number of benzene rings is 2. The van der Waals surface area contributed by atoms with Crippen molar-refractivity contribution in [2.75, 3.05) is 32.7 Å². The summed E-state index contributed by atoms with van der Waals surface area (Å²) in [4.78, 5) is 20.3. The molecule has 0 bridgehead atoms. The highest BCUT2D eigenvalue weighted by Gasteiger charge is 2.21. The highest BCUT2D eigenvalue weighted by atomic mass is 16.2. The van der Waals surface area contributed by atoms with Crippen molar-refractivity contribution in [1.29, 1.82) is 0 Å². The number of hydrogen-bond donors (Lipinski definition) is 1. The molecule has 1 amide bonds. The summed E-state index contributed by atoms with van der Waals surface area (Å²) in [5.41, 5.74) is 3.36. The molecule has 0 radical (unpaired) electrons. The fourth-order valence-corrected chi connectivity index (χ4v) is 3.55. The molecule has 128 valence electrons. The lowest BCUT2D eigenvalue weighted by molar-refractivity contribution is 0.0638. The molecule has 1 aliphatic heterocycles. The average Bonchev–Trinajstić information content (AvgIpc) is 3.10. The number of carbonyl (C=O) groups is 1. The number of piperazine rings is 1. The molecule has 2 aromatic carbocycles. The summed E-state index contributed by atoms with van der Waals surface area (Å²) in [6.45, 7) is 4.54. The molecule has 4 heteroatoms. The summed E-state index contributed by atoms with van der Waals surface area (Å²) in [5, 5.41) is 1.32. The van der Waals surface area contributed by atoms with Crippen molar-refractivity contribution in [2.24, 2.45) is 0 Å². The molecule has 0 aliphatic carbocycles. The van der Waals surface area contributed by atoms with Gasteiger partial charge in [0.05, 0.1) is 0 Å². The smallest absolute Gasteiger partial charge is 0.253 e. The zero-order valence-corrected chi connectivity index (χ0v) is 14.3. The van der Waals surface area contributed by atoms with Gasteiger partial charge in [0.15, 0.2) is 0 Å². The van der Waals surface area contributed by atoms with Gasteiger partial charge in [0.25, 0.3) is 5.91 Å². The van der Waals surface area contributed by atoms with E-state index in [9.17, 15) is 4.79 Å². The number of fused-ring (bicyclic) bond motifs is 1. The Kier molecular flexibility index (Phi) is 4.53. The Balaban J connectivity index is 1.31. The molecule has 1 aliphatic rings. The third kappa shape index (κ3) is 3.44. The number of nitrogens with one attached hydrogen (secondary N) is 1. The first-order chi connectivity index (χ1) is 12.3. The Bertz CT molecular complexity index is 848. The van der Waals surface area contributed by atoms with Crippen LogP contribution in [0.25, 0.3) is 10.9 Å². The fraction of sp³-hybridized carbons (Fsp3) is 0.286. The van der Waals surface area contributed by atoms with Gasteiger partial charge in [0.2, 0.25) is 0 Å². The molecular formula is C21H23N3O. The maximum atomic E-state index is 12.5. The van der Waals surface area contributed by atoms with Gasteiger partial charge < -0.3 is 9.88 Å². The minimum absolute atomic E-state index is 0.150. The van der Waals surface area contributed by atoms with Crippen molar-refractivity contribution in [1.82, 2.24) is 14.8 Å². The van der Waals surface area contributed by atoms with Gasteiger partial charge in [-0.1, -0.05) is 36.4 Å². The van der Waals surface area contributed by atoms with E-state index >= 15 is 0 Å². The molecule has 0 spiro atoms. The standard InChI is InChI=1S/C21H23N3O/c25-21(17-6-2-1-3-7-17)24-14-12-23(13-15-24)11-10-18-16-22-20-9-5-4-8-19(18)20/h1-9,16,22H,10-15H2. The number of nitrogens with zero attached hydrogens (tertiary/aromatic N) is 2. The largest absolute Gasteiger partial charge is 0.361 e. The zero-order chi connectivity index (χ0) is 17.1. The number of amides is 1. The number of carbonyl (C=O) groups excluding carboxylic acids is 1. The fourth-order valence-electron chi connectivity index (χ4n) is 3.55. The highest BCUT2D eigenvalue weighted by Crippen LogP contribution is 2.18. The molecular weight excluding hydrogens is 310 g/mol. The van der Waals surface area contributed by atoms with Crippen LogP contribution in [-0.2, 0) is 6.42 Å². The molecule has 4 rings (SSSR count). The Morgan fingerprint density at radius 3 is 2.44 bits per heavy atom. The minimum atomic E-state index is 0.150. The maximum absolute atomic E-state index is 12.5. The topological polar surface area (TPSA) is 39.3 Å². The lowest BCUT2D eigenvalue weighted by atomic mass is 10.1. The summed E-state index contributed by atoms with van der Waals surface area (Å²) in [6, 6.07) is 18.0. The molecule has 3 aromatic rings. The second kappa shape index (κ2) is 7.11. The Hall–Kier alpha value is -2.59. The van der Waals surface area contributed by atoms with Crippen molar-refractivity contribution in [3.8, 4) is 0 Å². The van der Waals surface area contributed by atoms with Crippen LogP contribution < -0.4 is 0 Å². The van der Waals surface area contributed by atoms with E-state index in [1.54, 1.807) is 0 Å². The molecule has 1 fully saturated rings. The first kappa shape index (κ1) is 15.9. The van der Waals surface area contributed by atoms with E-state index < -0.39 is 0 Å². The van der Waals surface area contributed by atoms with E-state index in [1.165, 1.54) is 16.5 Å². The quantitative estimate of drug-likeness (QED) is 0.796. The molecule has 0 saturated carbocycles. The SMILES string of the molecule is O=C(c1ccccc1)N1CCN(CCc2c[nH]c3ccccc23)CC1. The number of aromatic nitrogens is 1. The molecule has 0 atom stereocenters. The first-order valence-corrected chi connectivity index (χ1v) is 8.93. The van der Waals surface area contributed by atoms with Crippen LogP contribution in [0, 0.1) is 0 Å². The molecule has 1 saturated heterocycles. The lowest BCUT2D eigenvalue weighted by Crippen LogP contribution is -2.49.